The van der Waals surface area contributed by atoms with E-state index in [1.165, 1.54) is 18.2 Å². The number of fused-ring (bicyclic) bond motifs is 3. The number of halogens is 1. The Kier molecular flexibility index (Phi) is 7.14. The summed E-state index contributed by atoms with van der Waals surface area (Å²) in [4.78, 5) is 31.2. The summed E-state index contributed by atoms with van der Waals surface area (Å²) in [5.74, 6) is 0.739. The number of pyridine rings is 2. The molecule has 1 aromatic carbocycles. The van der Waals surface area contributed by atoms with Crippen molar-refractivity contribution in [2.75, 3.05) is 31.1 Å². The molecule has 0 aliphatic carbocycles. The van der Waals surface area contributed by atoms with Crippen molar-refractivity contribution in [2.24, 2.45) is 0 Å². The summed E-state index contributed by atoms with van der Waals surface area (Å²) in [6, 6.07) is 13.2. The van der Waals surface area contributed by atoms with Gasteiger partial charge in [0, 0.05) is 98.0 Å². The van der Waals surface area contributed by atoms with Gasteiger partial charge in [-0.2, -0.15) is 10.4 Å². The van der Waals surface area contributed by atoms with Crippen molar-refractivity contribution in [3.05, 3.63) is 78.1 Å². The average molecular weight is 632 g/mol. The number of aromatic amines is 1. The zero-order valence-electron chi connectivity index (χ0n) is 26.0. The smallest absolute Gasteiger partial charge is 0.219 e. The minimum Gasteiger partial charge on any atom is -0.508 e. The van der Waals surface area contributed by atoms with E-state index in [0.29, 0.717) is 41.9 Å². The fraction of sp³-hybridized carbons (Fsp3) is 0.343. The molecule has 1 amide bonds. The largest absolute Gasteiger partial charge is 0.508 e. The van der Waals surface area contributed by atoms with Crippen molar-refractivity contribution in [3.63, 3.8) is 0 Å². The Balaban J connectivity index is 1.01. The minimum atomic E-state index is -0.342. The number of anilines is 1. The van der Waals surface area contributed by atoms with Crippen LogP contribution >= 0.6 is 0 Å². The van der Waals surface area contributed by atoms with Crippen LogP contribution in [0.25, 0.3) is 33.4 Å². The van der Waals surface area contributed by atoms with Crippen LogP contribution in [-0.4, -0.2) is 83.8 Å². The highest BCUT2D eigenvalue weighted by Crippen LogP contribution is 2.38. The van der Waals surface area contributed by atoms with Crippen molar-refractivity contribution in [2.45, 2.75) is 50.9 Å². The third kappa shape index (κ3) is 5.26. The van der Waals surface area contributed by atoms with Crippen molar-refractivity contribution in [1.29, 1.82) is 5.26 Å². The van der Waals surface area contributed by atoms with Crippen molar-refractivity contribution >= 4 is 22.8 Å². The highest BCUT2D eigenvalue weighted by Gasteiger charge is 2.45. The highest BCUT2D eigenvalue weighted by molar-refractivity contribution is 5.98. The van der Waals surface area contributed by atoms with Gasteiger partial charge in [0.1, 0.15) is 29.1 Å². The van der Waals surface area contributed by atoms with E-state index in [-0.39, 0.29) is 23.5 Å². The van der Waals surface area contributed by atoms with Crippen LogP contribution in [0.1, 0.15) is 43.4 Å². The summed E-state index contributed by atoms with van der Waals surface area (Å²) in [6.07, 6.45) is 10.2. The Morgan fingerprint density at radius 3 is 2.68 bits per heavy atom. The van der Waals surface area contributed by atoms with Crippen LogP contribution < -0.4 is 4.90 Å². The molecule has 47 heavy (non-hydrogen) atoms. The number of aromatic hydroxyl groups is 1. The van der Waals surface area contributed by atoms with Crippen molar-refractivity contribution in [3.8, 4) is 34.2 Å². The molecule has 4 aliphatic heterocycles. The molecule has 0 spiro atoms. The zero-order chi connectivity index (χ0) is 32.2. The van der Waals surface area contributed by atoms with Gasteiger partial charge in [-0.3, -0.25) is 14.4 Å². The molecule has 0 saturated carbocycles. The van der Waals surface area contributed by atoms with Gasteiger partial charge in [-0.1, -0.05) is 0 Å². The number of carbonyl (C=O) groups excluding carboxylic acids is 1. The normalized spacial score (nSPS) is 21.1. The Hall–Kier alpha value is -5.28. The number of carbonyl (C=O) groups is 1. The molecule has 9 rings (SSSR count). The molecule has 4 aromatic heterocycles. The molecule has 4 aliphatic rings. The first kappa shape index (κ1) is 29.1. The monoisotopic (exact) mass is 631 g/mol. The molecule has 3 atom stereocenters. The Morgan fingerprint density at radius 2 is 1.91 bits per heavy atom. The Labute approximate surface area is 270 Å². The topological polar surface area (TPSA) is 130 Å². The molecule has 4 saturated heterocycles. The van der Waals surface area contributed by atoms with E-state index in [2.05, 4.69) is 30.9 Å². The maximum absolute atomic E-state index is 13.8. The molecule has 238 valence electrons. The van der Waals surface area contributed by atoms with E-state index < -0.39 is 0 Å². The number of nitrogens with zero attached hydrogens (tertiary/aromatic N) is 8. The quantitative estimate of drug-likeness (QED) is 0.272. The number of likely N-dealkylation sites (tertiary alicyclic amines) is 1. The van der Waals surface area contributed by atoms with E-state index in [1.54, 1.807) is 13.1 Å². The van der Waals surface area contributed by atoms with Crippen molar-refractivity contribution < 1.29 is 14.3 Å². The number of phenolic OH excluding ortho intramolecular Hbond substituents is 1. The SMILES string of the molecule is CC(=O)N1CCC[C@@H](n2cc(-c3cc4c(-c5ccc(N6CC7CC(C6)N7Cc6cc(F)ccc6O)nc5)c(C#N)cnc4[nH]3)cn2)C1. The second-order valence-electron chi connectivity index (χ2n) is 12.9. The van der Waals surface area contributed by atoms with Gasteiger partial charge >= 0.3 is 0 Å². The van der Waals surface area contributed by atoms with E-state index in [4.69, 9.17) is 4.98 Å². The lowest BCUT2D eigenvalue weighted by Gasteiger charge is -2.56. The van der Waals surface area contributed by atoms with Gasteiger partial charge in [0.25, 0.3) is 0 Å². The van der Waals surface area contributed by atoms with Crippen LogP contribution in [0.2, 0.25) is 0 Å². The summed E-state index contributed by atoms with van der Waals surface area (Å²) in [7, 11) is 0. The van der Waals surface area contributed by atoms with E-state index in [1.807, 2.05) is 46.4 Å². The lowest BCUT2D eigenvalue weighted by molar-refractivity contribution is -0.130. The van der Waals surface area contributed by atoms with E-state index in [0.717, 1.165) is 72.5 Å². The number of amides is 1. The number of benzene rings is 1. The molecule has 2 N–H and O–H groups in total. The highest BCUT2D eigenvalue weighted by atomic mass is 19.1. The molecule has 11 nitrogen and oxygen atoms in total. The van der Waals surface area contributed by atoms with Crippen LogP contribution in [-0.2, 0) is 11.3 Å². The molecule has 2 bridgehead atoms. The fourth-order valence-electron chi connectivity index (χ4n) is 7.49. The number of hydrogen-bond acceptors (Lipinski definition) is 8. The second kappa shape index (κ2) is 11.5. The molecule has 0 radical (unpaired) electrons. The maximum atomic E-state index is 13.8. The maximum Gasteiger partial charge on any atom is 0.219 e. The first-order chi connectivity index (χ1) is 22.8. The Morgan fingerprint density at radius 1 is 1.06 bits per heavy atom. The summed E-state index contributed by atoms with van der Waals surface area (Å²) >= 11 is 0. The Bertz CT molecular complexity index is 2020. The van der Waals surface area contributed by atoms with Crippen LogP contribution in [0.15, 0.2) is 61.2 Å². The fourth-order valence-corrected chi connectivity index (χ4v) is 7.49. The number of nitrogens with one attached hydrogen (secondary N) is 1. The molecular weight excluding hydrogens is 597 g/mol. The van der Waals surface area contributed by atoms with Gasteiger partial charge < -0.3 is 19.9 Å². The van der Waals surface area contributed by atoms with Gasteiger partial charge in [-0.05, 0) is 55.7 Å². The number of aromatic nitrogens is 5. The number of H-pyrrole nitrogens is 1. The van der Waals surface area contributed by atoms with E-state index >= 15 is 0 Å². The second-order valence-corrected chi connectivity index (χ2v) is 12.9. The number of rotatable bonds is 6. The lowest BCUT2D eigenvalue weighted by atomic mass is 9.86. The first-order valence-corrected chi connectivity index (χ1v) is 16.0. The standard InChI is InChI=1S/C35H34FN9O2/c1-21(46)42-8-2-3-27(18-42)45-17-25(15-40-45)31-11-30-34(24(12-37)14-39-35(30)41-31)22-4-7-33(38-13-22)43-19-28-10-29(20-43)44(28)16-23-9-26(36)5-6-32(23)47/h4-7,9,11,13-15,17,27-29,47H,2-3,8,10,16,18-20H2,1H3,(H,39,41)/t27-,28?,29?/m1/s1. The molecule has 2 unspecified atom stereocenters. The number of piperidine rings is 2. The molecule has 5 aromatic rings. The van der Waals surface area contributed by atoms with Crippen molar-refractivity contribution in [1.82, 2.24) is 34.5 Å². The summed E-state index contributed by atoms with van der Waals surface area (Å²) in [6.45, 7) is 5.16. The summed E-state index contributed by atoms with van der Waals surface area (Å²) in [5.41, 5.74) is 5.12. The zero-order valence-corrected chi connectivity index (χ0v) is 26.0. The van der Waals surface area contributed by atoms with Crippen LogP contribution in [0.4, 0.5) is 10.2 Å². The first-order valence-electron chi connectivity index (χ1n) is 16.0. The third-order valence-electron chi connectivity index (χ3n) is 10.0. The van der Waals surface area contributed by atoms with Gasteiger partial charge in [-0.15, -0.1) is 0 Å². The molecule has 8 heterocycles. The van der Waals surface area contributed by atoms with Gasteiger partial charge in [0.05, 0.1) is 23.5 Å². The lowest BCUT2D eigenvalue weighted by Crippen LogP contribution is -2.68. The molecular formula is C35H34FN9O2. The van der Waals surface area contributed by atoms with Crippen LogP contribution in [0, 0.1) is 17.1 Å². The minimum absolute atomic E-state index is 0.0887. The van der Waals surface area contributed by atoms with Crippen LogP contribution in [0.5, 0.6) is 5.75 Å². The number of hydrogen-bond donors (Lipinski definition) is 2. The predicted octanol–water partition coefficient (Wildman–Crippen LogP) is 4.85. The summed E-state index contributed by atoms with van der Waals surface area (Å²) < 4.78 is 15.7. The van der Waals surface area contributed by atoms with Crippen LogP contribution in [0.3, 0.4) is 0 Å². The summed E-state index contributed by atoms with van der Waals surface area (Å²) in [5, 5.41) is 25.7. The molecule has 12 heteroatoms. The number of phenols is 1. The van der Waals surface area contributed by atoms with E-state index in [9.17, 15) is 19.6 Å². The predicted molar refractivity (Wildman–Crippen MR) is 174 cm³/mol. The average Bonchev–Trinajstić information content (AvgIpc) is 3.76. The van der Waals surface area contributed by atoms with Gasteiger partial charge in [0.2, 0.25) is 5.91 Å². The third-order valence-corrected chi connectivity index (χ3v) is 10.0. The van der Waals surface area contributed by atoms with Gasteiger partial charge in [0.15, 0.2) is 0 Å². The number of nitriles is 1. The van der Waals surface area contributed by atoms with Gasteiger partial charge in [-0.25, -0.2) is 14.4 Å². The molecule has 4 fully saturated rings. The number of piperazine rings is 1.